The van der Waals surface area contributed by atoms with E-state index in [0.717, 1.165) is 48.8 Å². The maximum absolute atomic E-state index is 13.0. The van der Waals surface area contributed by atoms with Crippen molar-refractivity contribution in [1.82, 2.24) is 24.8 Å². The molecule has 3 aromatic rings. The van der Waals surface area contributed by atoms with Gasteiger partial charge in [0.2, 0.25) is 0 Å². The minimum atomic E-state index is -0.259. The molecule has 6 rings (SSSR count). The lowest BCUT2D eigenvalue weighted by Gasteiger charge is -2.36. The van der Waals surface area contributed by atoms with Gasteiger partial charge >= 0.3 is 6.03 Å². The van der Waals surface area contributed by atoms with Gasteiger partial charge in [0.1, 0.15) is 23.5 Å². The van der Waals surface area contributed by atoms with Gasteiger partial charge in [-0.3, -0.25) is 0 Å². The zero-order valence-electron chi connectivity index (χ0n) is 18.4. The van der Waals surface area contributed by atoms with Crippen LogP contribution in [0.4, 0.5) is 27.8 Å². The minimum absolute atomic E-state index is 0.0479. The van der Waals surface area contributed by atoms with Crippen LogP contribution in [-0.2, 0) is 16.1 Å². The number of pyridine rings is 2. The lowest BCUT2D eigenvalue weighted by atomic mass is 9.89. The standard InChI is InChI=1S/C22H26N8O3/c1-23-16-10-18-25-13-8-14(26-19(9-13)29-4-6-32-7-5-29)11-33-17-3-2-15(17)27-22(31)30-12-24-20(16)21(30)28-18/h8-10,12,15,17H,2-7,11H2,1H3,(H,27,31)(H2,23,25,28)/t15-,17-/m1/s1. The van der Waals surface area contributed by atoms with Crippen molar-refractivity contribution in [2.24, 2.45) is 0 Å². The Morgan fingerprint density at radius 3 is 2.82 bits per heavy atom. The highest BCUT2D eigenvalue weighted by Gasteiger charge is 2.34. The number of imidazole rings is 1. The number of anilines is 4. The van der Waals surface area contributed by atoms with Crippen molar-refractivity contribution in [3.63, 3.8) is 0 Å². The number of hydrogen-bond acceptors (Lipinski definition) is 9. The first-order valence-electron chi connectivity index (χ1n) is 11.3. The molecule has 3 N–H and O–H groups in total. The van der Waals surface area contributed by atoms with Crippen molar-refractivity contribution in [2.45, 2.75) is 31.6 Å². The van der Waals surface area contributed by atoms with Gasteiger partial charge in [0.25, 0.3) is 0 Å². The number of fused-ring (bicyclic) bond motifs is 4. The van der Waals surface area contributed by atoms with E-state index in [1.54, 1.807) is 0 Å². The van der Waals surface area contributed by atoms with E-state index in [4.69, 9.17) is 19.4 Å². The summed E-state index contributed by atoms with van der Waals surface area (Å²) >= 11 is 0. The lowest BCUT2D eigenvalue weighted by molar-refractivity contribution is -0.0335. The Bertz CT molecular complexity index is 1210. The molecule has 0 unspecified atom stereocenters. The fraction of sp³-hybridized carbons (Fsp3) is 0.455. The van der Waals surface area contributed by atoms with Gasteiger partial charge in [-0.05, 0) is 18.9 Å². The predicted octanol–water partition coefficient (Wildman–Crippen LogP) is 2.07. The Morgan fingerprint density at radius 1 is 1.15 bits per heavy atom. The Hall–Kier alpha value is -3.44. The molecular weight excluding hydrogens is 424 g/mol. The van der Waals surface area contributed by atoms with Crippen molar-refractivity contribution >= 4 is 40.2 Å². The van der Waals surface area contributed by atoms with E-state index in [2.05, 4.69) is 25.8 Å². The zero-order chi connectivity index (χ0) is 22.4. The third-order valence-electron chi connectivity index (χ3n) is 6.43. The van der Waals surface area contributed by atoms with Crippen molar-refractivity contribution in [3.05, 3.63) is 30.2 Å². The van der Waals surface area contributed by atoms with Gasteiger partial charge in [-0.2, -0.15) is 0 Å². The fourth-order valence-electron chi connectivity index (χ4n) is 4.47. The quantitative estimate of drug-likeness (QED) is 0.539. The number of rotatable bonds is 2. The van der Waals surface area contributed by atoms with Crippen LogP contribution in [0.5, 0.6) is 0 Å². The third-order valence-corrected chi connectivity index (χ3v) is 6.43. The van der Waals surface area contributed by atoms with E-state index in [0.29, 0.717) is 36.8 Å². The number of ether oxygens (including phenoxy) is 2. The fourth-order valence-corrected chi connectivity index (χ4v) is 4.47. The van der Waals surface area contributed by atoms with Gasteiger partial charge in [-0.15, -0.1) is 0 Å². The summed E-state index contributed by atoms with van der Waals surface area (Å²) in [6.45, 7) is 3.32. The van der Waals surface area contributed by atoms with Crippen LogP contribution in [-0.4, -0.2) is 71.0 Å². The number of amides is 1. The molecule has 2 aliphatic heterocycles. The molecule has 2 atom stereocenters. The van der Waals surface area contributed by atoms with Crippen LogP contribution in [0.3, 0.4) is 0 Å². The monoisotopic (exact) mass is 450 g/mol. The average Bonchev–Trinajstić information content (AvgIpc) is 3.25. The summed E-state index contributed by atoms with van der Waals surface area (Å²) in [6.07, 6.45) is 3.24. The first kappa shape index (κ1) is 20.2. The van der Waals surface area contributed by atoms with Crippen LogP contribution in [0.1, 0.15) is 18.5 Å². The van der Waals surface area contributed by atoms with Gasteiger partial charge in [-0.1, -0.05) is 0 Å². The van der Waals surface area contributed by atoms with Gasteiger partial charge in [0, 0.05) is 38.0 Å². The maximum atomic E-state index is 13.0. The number of morpholine rings is 1. The molecule has 2 fully saturated rings. The Morgan fingerprint density at radius 2 is 2.03 bits per heavy atom. The smallest absolute Gasteiger partial charge is 0.328 e. The minimum Gasteiger partial charge on any atom is -0.386 e. The predicted molar refractivity (Wildman–Crippen MR) is 123 cm³/mol. The van der Waals surface area contributed by atoms with Crippen molar-refractivity contribution in [1.29, 1.82) is 0 Å². The van der Waals surface area contributed by atoms with Gasteiger partial charge in [0.05, 0.1) is 43.3 Å². The molecule has 5 heterocycles. The second kappa shape index (κ2) is 8.16. The molecule has 1 saturated carbocycles. The summed E-state index contributed by atoms with van der Waals surface area (Å²) in [5.41, 5.74) is 3.59. The second-order valence-corrected chi connectivity index (χ2v) is 8.50. The molecule has 4 bridgehead atoms. The normalized spacial score (nSPS) is 22.7. The second-order valence-electron chi connectivity index (χ2n) is 8.50. The van der Waals surface area contributed by atoms with E-state index in [1.807, 2.05) is 25.2 Å². The zero-order valence-corrected chi connectivity index (χ0v) is 18.4. The molecule has 11 heteroatoms. The van der Waals surface area contributed by atoms with E-state index in [9.17, 15) is 4.79 Å². The largest absolute Gasteiger partial charge is 0.386 e. The lowest BCUT2D eigenvalue weighted by Crippen LogP contribution is -2.52. The summed E-state index contributed by atoms with van der Waals surface area (Å²) < 4.78 is 13.1. The highest BCUT2D eigenvalue weighted by atomic mass is 16.5. The topological polar surface area (TPSA) is 118 Å². The van der Waals surface area contributed by atoms with Crippen LogP contribution in [0.2, 0.25) is 0 Å². The maximum Gasteiger partial charge on any atom is 0.328 e. The molecule has 0 spiro atoms. The number of carbonyl (C=O) groups is 1. The SMILES string of the molecule is CNc1cc2nc3c1ncn3C(=O)N[C@@H]1CC[C@H]1OCc1cc(cc(N3CCOCC3)n1)N2. The average molecular weight is 451 g/mol. The summed E-state index contributed by atoms with van der Waals surface area (Å²) in [4.78, 5) is 29.2. The summed E-state index contributed by atoms with van der Waals surface area (Å²) in [7, 11) is 1.83. The van der Waals surface area contributed by atoms with Crippen LogP contribution >= 0.6 is 0 Å². The van der Waals surface area contributed by atoms with Crippen LogP contribution < -0.4 is 20.9 Å². The van der Waals surface area contributed by atoms with Gasteiger partial charge in [-0.25, -0.2) is 24.3 Å². The number of hydrogen-bond donors (Lipinski definition) is 3. The molecule has 1 saturated heterocycles. The molecule has 3 aliphatic rings. The molecular formula is C22H26N8O3. The molecule has 172 valence electrons. The number of nitrogens with one attached hydrogen (secondary N) is 3. The van der Waals surface area contributed by atoms with Gasteiger partial charge in [0.15, 0.2) is 5.65 Å². The van der Waals surface area contributed by atoms with Crippen molar-refractivity contribution < 1.29 is 14.3 Å². The molecule has 11 nitrogen and oxygen atoms in total. The molecule has 1 aliphatic carbocycles. The van der Waals surface area contributed by atoms with Crippen molar-refractivity contribution in [2.75, 3.05) is 48.9 Å². The van der Waals surface area contributed by atoms with E-state index >= 15 is 0 Å². The highest BCUT2D eigenvalue weighted by Crippen LogP contribution is 2.30. The van der Waals surface area contributed by atoms with Gasteiger partial charge < -0.3 is 30.3 Å². The van der Waals surface area contributed by atoms with Crippen LogP contribution in [0, 0.1) is 0 Å². The molecule has 33 heavy (non-hydrogen) atoms. The molecule has 0 aromatic carbocycles. The molecule has 0 radical (unpaired) electrons. The first-order chi connectivity index (χ1) is 16.2. The summed E-state index contributed by atoms with van der Waals surface area (Å²) in [6, 6.07) is 5.58. The Balaban J connectivity index is 1.45. The van der Waals surface area contributed by atoms with Crippen LogP contribution in [0.15, 0.2) is 24.5 Å². The first-order valence-corrected chi connectivity index (χ1v) is 11.3. The number of aromatic nitrogens is 4. The Labute approximate surface area is 190 Å². The van der Waals surface area contributed by atoms with E-state index in [-0.39, 0.29) is 18.2 Å². The summed E-state index contributed by atoms with van der Waals surface area (Å²) in [5.74, 6) is 1.48. The van der Waals surface area contributed by atoms with Crippen LogP contribution in [0.25, 0.3) is 11.2 Å². The Kier molecular flexibility index (Phi) is 4.99. The van der Waals surface area contributed by atoms with Crippen molar-refractivity contribution in [3.8, 4) is 0 Å². The van der Waals surface area contributed by atoms with E-state index in [1.165, 1.54) is 10.9 Å². The third kappa shape index (κ3) is 3.72. The van der Waals surface area contributed by atoms with E-state index < -0.39 is 0 Å². The molecule has 3 aromatic heterocycles. The highest BCUT2D eigenvalue weighted by molar-refractivity contribution is 5.94. The summed E-state index contributed by atoms with van der Waals surface area (Å²) in [5, 5.41) is 9.63. The number of carbonyl (C=O) groups excluding carboxylic acids is 1. The number of nitrogens with zero attached hydrogens (tertiary/aromatic N) is 5. The molecule has 1 amide bonds.